The minimum absolute atomic E-state index is 0.184. The maximum absolute atomic E-state index is 12.4. The summed E-state index contributed by atoms with van der Waals surface area (Å²) in [6.07, 6.45) is 1.36. The Kier molecular flexibility index (Phi) is 7.94. The number of nitrogens with one attached hydrogen (secondary N) is 2. The van der Waals surface area contributed by atoms with E-state index in [4.69, 9.17) is 16.3 Å². The van der Waals surface area contributed by atoms with Gasteiger partial charge >= 0.3 is 0 Å². The average molecular weight is 477 g/mol. The Bertz CT molecular complexity index is 1300. The zero-order chi connectivity index (χ0) is 24.5. The second-order valence-electron chi connectivity index (χ2n) is 6.82. The van der Waals surface area contributed by atoms with E-state index < -0.39 is 10.8 Å². The van der Waals surface area contributed by atoms with Crippen molar-refractivity contribution in [3.63, 3.8) is 0 Å². The Balaban J connectivity index is 1.60. The van der Waals surface area contributed by atoms with Crippen LogP contribution in [0.25, 0.3) is 6.08 Å². The largest absolute Gasteiger partial charge is 0.484 e. The maximum atomic E-state index is 12.4. The van der Waals surface area contributed by atoms with Crippen LogP contribution in [-0.2, 0) is 9.59 Å². The summed E-state index contributed by atoms with van der Waals surface area (Å²) >= 11 is 6.00. The van der Waals surface area contributed by atoms with Crippen LogP contribution in [0.1, 0.15) is 5.56 Å². The zero-order valence-electron chi connectivity index (χ0n) is 17.5. The summed E-state index contributed by atoms with van der Waals surface area (Å²) in [6.45, 7) is -0.241. The molecule has 0 aliphatic heterocycles. The van der Waals surface area contributed by atoms with E-state index in [9.17, 15) is 25.0 Å². The first-order chi connectivity index (χ1) is 16.4. The fourth-order valence-corrected chi connectivity index (χ4v) is 2.95. The fraction of sp³-hybridized carbons (Fsp3) is 0.0417. The van der Waals surface area contributed by atoms with Gasteiger partial charge in [0.05, 0.1) is 15.6 Å². The van der Waals surface area contributed by atoms with Crippen LogP contribution in [0.4, 0.5) is 17.1 Å². The smallest absolute Gasteiger partial charge is 0.271 e. The van der Waals surface area contributed by atoms with Crippen LogP contribution in [0.15, 0.2) is 78.4 Å². The maximum Gasteiger partial charge on any atom is 0.271 e. The van der Waals surface area contributed by atoms with Gasteiger partial charge in [-0.15, -0.1) is 0 Å². The van der Waals surface area contributed by atoms with Crippen molar-refractivity contribution in [1.82, 2.24) is 0 Å². The molecule has 170 valence electrons. The number of carbonyl (C=O) groups is 2. The summed E-state index contributed by atoms with van der Waals surface area (Å²) < 4.78 is 5.45. The third kappa shape index (κ3) is 6.66. The Morgan fingerprint density at radius 3 is 2.47 bits per heavy atom. The highest BCUT2D eigenvalue weighted by atomic mass is 35.5. The number of nitro benzene ring substituents is 1. The van der Waals surface area contributed by atoms with Crippen molar-refractivity contribution < 1.29 is 19.2 Å². The van der Waals surface area contributed by atoms with E-state index in [0.29, 0.717) is 22.0 Å². The van der Waals surface area contributed by atoms with Gasteiger partial charge in [0.2, 0.25) is 0 Å². The molecule has 2 N–H and O–H groups in total. The first kappa shape index (κ1) is 24.0. The van der Waals surface area contributed by atoms with Gasteiger partial charge in [-0.05, 0) is 42.0 Å². The Hall–Kier alpha value is -4.68. The van der Waals surface area contributed by atoms with Gasteiger partial charge in [0.1, 0.15) is 17.4 Å². The van der Waals surface area contributed by atoms with Gasteiger partial charge in [-0.2, -0.15) is 5.26 Å². The molecular weight excluding hydrogens is 460 g/mol. The Labute approximate surface area is 199 Å². The highest BCUT2D eigenvalue weighted by Gasteiger charge is 2.12. The van der Waals surface area contributed by atoms with Crippen molar-refractivity contribution in [1.29, 1.82) is 5.26 Å². The molecule has 0 saturated heterocycles. The molecule has 0 fully saturated rings. The van der Waals surface area contributed by atoms with Gasteiger partial charge in [-0.1, -0.05) is 41.9 Å². The van der Waals surface area contributed by atoms with Gasteiger partial charge in [-0.3, -0.25) is 19.7 Å². The molecule has 0 saturated carbocycles. The number of nitro groups is 1. The predicted octanol–water partition coefficient (Wildman–Crippen LogP) is 4.81. The first-order valence-electron chi connectivity index (χ1n) is 9.80. The third-order valence-electron chi connectivity index (χ3n) is 4.39. The summed E-state index contributed by atoms with van der Waals surface area (Å²) in [4.78, 5) is 34.7. The Morgan fingerprint density at radius 2 is 1.79 bits per heavy atom. The monoisotopic (exact) mass is 476 g/mol. The molecular formula is C24H17ClN4O5. The molecule has 3 aromatic carbocycles. The third-order valence-corrected chi connectivity index (χ3v) is 4.72. The summed E-state index contributed by atoms with van der Waals surface area (Å²) in [5.74, 6) is -0.688. The summed E-state index contributed by atoms with van der Waals surface area (Å²) in [6, 6.07) is 20.4. The summed E-state index contributed by atoms with van der Waals surface area (Å²) in [5, 5.41) is 25.7. The van der Waals surface area contributed by atoms with E-state index in [2.05, 4.69) is 10.6 Å². The van der Waals surface area contributed by atoms with Gasteiger partial charge in [0.15, 0.2) is 6.61 Å². The summed E-state index contributed by atoms with van der Waals surface area (Å²) in [7, 11) is 0. The number of hydrogen-bond donors (Lipinski definition) is 2. The summed E-state index contributed by atoms with van der Waals surface area (Å²) in [5.41, 5.74) is 0.833. The topological polar surface area (TPSA) is 134 Å². The molecule has 34 heavy (non-hydrogen) atoms. The van der Waals surface area contributed by atoms with Crippen molar-refractivity contribution in [2.24, 2.45) is 0 Å². The van der Waals surface area contributed by atoms with Gasteiger partial charge < -0.3 is 15.4 Å². The lowest BCUT2D eigenvalue weighted by atomic mass is 10.1. The van der Waals surface area contributed by atoms with Crippen molar-refractivity contribution in [2.75, 3.05) is 17.2 Å². The second kappa shape index (κ2) is 11.3. The van der Waals surface area contributed by atoms with E-state index >= 15 is 0 Å². The minimum Gasteiger partial charge on any atom is -0.484 e. The van der Waals surface area contributed by atoms with E-state index in [0.717, 1.165) is 0 Å². The molecule has 0 radical (unpaired) electrons. The van der Waals surface area contributed by atoms with Crippen molar-refractivity contribution in [2.45, 2.75) is 0 Å². The van der Waals surface area contributed by atoms with Crippen LogP contribution in [-0.4, -0.2) is 23.3 Å². The number of non-ortho nitro benzene ring substituents is 1. The predicted molar refractivity (Wildman–Crippen MR) is 127 cm³/mol. The number of para-hydroxylation sites is 1. The van der Waals surface area contributed by atoms with Crippen LogP contribution in [0.5, 0.6) is 5.75 Å². The molecule has 0 aliphatic rings. The van der Waals surface area contributed by atoms with Crippen molar-refractivity contribution in [3.8, 4) is 11.8 Å². The normalized spacial score (nSPS) is 10.6. The number of ether oxygens (including phenoxy) is 1. The van der Waals surface area contributed by atoms with Crippen LogP contribution >= 0.6 is 11.6 Å². The van der Waals surface area contributed by atoms with Crippen LogP contribution in [0, 0.1) is 21.4 Å². The number of carbonyl (C=O) groups excluding carboxylic acids is 2. The number of amides is 2. The lowest BCUT2D eigenvalue weighted by Gasteiger charge is -2.09. The molecule has 0 aliphatic carbocycles. The number of halogens is 1. The molecule has 0 unspecified atom stereocenters. The lowest BCUT2D eigenvalue weighted by molar-refractivity contribution is -0.384. The number of benzene rings is 3. The SMILES string of the molecule is N#C/C(=C/c1ccc(OCC(=O)Nc2ccccc2Cl)cc1)C(=O)Nc1cccc([N+](=O)[O-])c1. The average Bonchev–Trinajstić information content (AvgIpc) is 2.83. The lowest BCUT2D eigenvalue weighted by Crippen LogP contribution is -2.20. The van der Waals surface area contributed by atoms with Crippen LogP contribution in [0.2, 0.25) is 5.02 Å². The molecule has 3 rings (SSSR count). The molecule has 0 aromatic heterocycles. The number of anilines is 2. The number of hydrogen-bond acceptors (Lipinski definition) is 6. The minimum atomic E-state index is -0.709. The van der Waals surface area contributed by atoms with E-state index in [1.54, 1.807) is 48.5 Å². The van der Waals surface area contributed by atoms with Crippen molar-refractivity contribution >= 4 is 46.6 Å². The van der Waals surface area contributed by atoms with Crippen LogP contribution < -0.4 is 15.4 Å². The zero-order valence-corrected chi connectivity index (χ0v) is 18.3. The van der Waals surface area contributed by atoms with E-state index in [1.807, 2.05) is 6.07 Å². The molecule has 3 aromatic rings. The molecule has 2 amide bonds. The highest BCUT2D eigenvalue weighted by Crippen LogP contribution is 2.21. The van der Waals surface area contributed by atoms with Gasteiger partial charge in [0, 0.05) is 17.8 Å². The number of rotatable bonds is 8. The van der Waals surface area contributed by atoms with E-state index in [-0.39, 0.29) is 29.5 Å². The quantitative estimate of drug-likeness (QED) is 0.207. The van der Waals surface area contributed by atoms with Gasteiger partial charge in [-0.25, -0.2) is 0 Å². The Morgan fingerprint density at radius 1 is 1.06 bits per heavy atom. The molecule has 10 heteroatoms. The van der Waals surface area contributed by atoms with Crippen LogP contribution in [0.3, 0.4) is 0 Å². The molecule has 0 heterocycles. The van der Waals surface area contributed by atoms with Crippen molar-refractivity contribution in [3.05, 3.63) is 99.1 Å². The first-order valence-corrected chi connectivity index (χ1v) is 10.2. The molecule has 0 atom stereocenters. The highest BCUT2D eigenvalue weighted by molar-refractivity contribution is 6.33. The fourth-order valence-electron chi connectivity index (χ4n) is 2.77. The van der Waals surface area contributed by atoms with Gasteiger partial charge in [0.25, 0.3) is 17.5 Å². The molecule has 0 spiro atoms. The molecule has 9 nitrogen and oxygen atoms in total. The number of nitrogens with zero attached hydrogens (tertiary/aromatic N) is 2. The second-order valence-corrected chi connectivity index (χ2v) is 7.22. The number of nitriles is 1. The van der Waals surface area contributed by atoms with E-state index in [1.165, 1.54) is 30.3 Å². The molecule has 0 bridgehead atoms. The standard InChI is InChI=1S/C24H17ClN4O5/c25-21-6-1-2-7-22(21)28-23(30)15-34-20-10-8-16(9-11-20)12-17(14-26)24(31)27-18-4-3-5-19(13-18)29(32)33/h1-13H,15H2,(H,27,31)(H,28,30)/b17-12-.